The molecule has 2 rings (SSSR count). The number of allylic oxidation sites excluding steroid dienone is 2. The maximum absolute atomic E-state index is 11.4. The van der Waals surface area contributed by atoms with Gasteiger partial charge in [0.25, 0.3) is 0 Å². The second kappa shape index (κ2) is 3.86. The molecule has 0 radical (unpaired) electrons. The van der Waals surface area contributed by atoms with Gasteiger partial charge < -0.3 is 5.11 Å². The predicted octanol–water partition coefficient (Wildman–Crippen LogP) is 3.87. The van der Waals surface area contributed by atoms with Gasteiger partial charge in [0.05, 0.1) is 5.41 Å². The summed E-state index contributed by atoms with van der Waals surface area (Å²) in [4.78, 5) is 11.4. The zero-order valence-corrected chi connectivity index (χ0v) is 11.4. The number of carboxylic acids is 1. The van der Waals surface area contributed by atoms with Crippen molar-refractivity contribution >= 4 is 5.97 Å². The minimum absolute atomic E-state index is 0.228. The lowest BCUT2D eigenvalue weighted by Gasteiger charge is -2.40. The molecule has 0 aromatic rings. The summed E-state index contributed by atoms with van der Waals surface area (Å²) in [5, 5.41) is 9.35. The molecule has 0 spiro atoms. The van der Waals surface area contributed by atoms with Crippen LogP contribution in [0.1, 0.15) is 53.4 Å². The van der Waals surface area contributed by atoms with E-state index in [1.165, 1.54) is 18.4 Å². The molecule has 1 unspecified atom stereocenters. The topological polar surface area (TPSA) is 37.3 Å². The van der Waals surface area contributed by atoms with Gasteiger partial charge in [0.2, 0.25) is 0 Å². The maximum Gasteiger partial charge on any atom is 0.309 e. The Bertz CT molecular complexity index is 367. The summed E-state index contributed by atoms with van der Waals surface area (Å²) in [5.74, 6) is 0.630. The first-order chi connectivity index (χ1) is 7.79. The van der Waals surface area contributed by atoms with Crippen LogP contribution in [0.15, 0.2) is 11.6 Å². The Hall–Kier alpha value is -0.790. The summed E-state index contributed by atoms with van der Waals surface area (Å²) >= 11 is 0. The highest BCUT2D eigenvalue weighted by atomic mass is 16.4. The van der Waals surface area contributed by atoms with Gasteiger partial charge in [-0.05, 0) is 63.7 Å². The molecule has 2 aliphatic carbocycles. The number of hydrogen-bond donors (Lipinski definition) is 1. The molecule has 0 aromatic carbocycles. The van der Waals surface area contributed by atoms with Gasteiger partial charge in [0.15, 0.2) is 0 Å². The summed E-state index contributed by atoms with van der Waals surface area (Å²) in [5.41, 5.74) is 1.12. The van der Waals surface area contributed by atoms with E-state index < -0.39 is 11.4 Å². The van der Waals surface area contributed by atoms with Crippen molar-refractivity contribution in [3.05, 3.63) is 11.6 Å². The minimum Gasteiger partial charge on any atom is -0.481 e. The fourth-order valence-corrected chi connectivity index (χ4v) is 4.12. The summed E-state index contributed by atoms with van der Waals surface area (Å²) < 4.78 is 0. The molecule has 2 aliphatic rings. The Morgan fingerprint density at radius 1 is 1.53 bits per heavy atom. The minimum atomic E-state index is -0.658. The maximum atomic E-state index is 11.4. The van der Waals surface area contributed by atoms with Gasteiger partial charge in [0, 0.05) is 0 Å². The highest BCUT2D eigenvalue weighted by Gasteiger charge is 2.53. The summed E-state index contributed by atoms with van der Waals surface area (Å²) in [6.45, 7) is 8.28. The van der Waals surface area contributed by atoms with Gasteiger partial charge in [-0.1, -0.05) is 18.6 Å². The Balaban J connectivity index is 2.27. The fourth-order valence-electron chi connectivity index (χ4n) is 4.12. The number of carbonyl (C=O) groups is 1. The first-order valence-corrected chi connectivity index (χ1v) is 6.70. The lowest BCUT2D eigenvalue weighted by Crippen LogP contribution is -2.37. The number of hydrogen-bond acceptors (Lipinski definition) is 1. The van der Waals surface area contributed by atoms with E-state index in [0.29, 0.717) is 11.8 Å². The Morgan fingerprint density at radius 3 is 2.76 bits per heavy atom. The number of aliphatic carboxylic acids is 1. The van der Waals surface area contributed by atoms with Crippen LogP contribution in [-0.2, 0) is 4.79 Å². The third-order valence-electron chi connectivity index (χ3n) is 5.27. The number of rotatable bonds is 3. The van der Waals surface area contributed by atoms with Crippen LogP contribution >= 0.6 is 0 Å². The van der Waals surface area contributed by atoms with Crippen LogP contribution in [0.4, 0.5) is 0 Å². The van der Waals surface area contributed by atoms with Crippen LogP contribution in [-0.4, -0.2) is 11.1 Å². The molecule has 0 saturated heterocycles. The van der Waals surface area contributed by atoms with Crippen LogP contribution in [0.3, 0.4) is 0 Å². The van der Waals surface area contributed by atoms with Crippen molar-refractivity contribution in [2.24, 2.45) is 22.7 Å². The number of carboxylic acid groups (broad SMARTS) is 1. The van der Waals surface area contributed by atoms with Crippen molar-refractivity contribution < 1.29 is 9.90 Å². The lowest BCUT2D eigenvalue weighted by atomic mass is 9.64. The molecule has 0 aliphatic heterocycles. The van der Waals surface area contributed by atoms with Gasteiger partial charge >= 0.3 is 5.97 Å². The molecule has 17 heavy (non-hydrogen) atoms. The fraction of sp³-hybridized carbons (Fsp3) is 0.800. The van der Waals surface area contributed by atoms with Gasteiger partial charge in [-0.3, -0.25) is 4.79 Å². The molecule has 0 bridgehead atoms. The second-order valence-electron chi connectivity index (χ2n) is 6.78. The molecule has 1 N–H and O–H groups in total. The van der Waals surface area contributed by atoms with Crippen LogP contribution in [0.2, 0.25) is 0 Å². The van der Waals surface area contributed by atoms with Crippen molar-refractivity contribution in [1.82, 2.24) is 0 Å². The molecule has 3 atom stereocenters. The zero-order chi connectivity index (χ0) is 12.8. The van der Waals surface area contributed by atoms with Crippen LogP contribution in [0, 0.1) is 22.7 Å². The molecule has 0 amide bonds. The molecule has 96 valence electrons. The first-order valence-electron chi connectivity index (χ1n) is 6.70. The predicted molar refractivity (Wildman–Crippen MR) is 68.7 cm³/mol. The van der Waals surface area contributed by atoms with Gasteiger partial charge in [-0.15, -0.1) is 0 Å². The van der Waals surface area contributed by atoms with E-state index >= 15 is 0 Å². The van der Waals surface area contributed by atoms with Crippen LogP contribution in [0.25, 0.3) is 0 Å². The van der Waals surface area contributed by atoms with E-state index in [1.54, 1.807) is 0 Å². The summed E-state index contributed by atoms with van der Waals surface area (Å²) in [6.07, 6.45) is 6.75. The lowest BCUT2D eigenvalue weighted by molar-refractivity contribution is -0.149. The first kappa shape index (κ1) is 12.7. The van der Waals surface area contributed by atoms with E-state index in [4.69, 9.17) is 0 Å². The summed E-state index contributed by atoms with van der Waals surface area (Å²) in [7, 11) is 0. The molecule has 0 heterocycles. The van der Waals surface area contributed by atoms with Gasteiger partial charge in [-0.25, -0.2) is 0 Å². The molecule has 1 fully saturated rings. The highest BCUT2D eigenvalue weighted by Crippen LogP contribution is 2.61. The smallest absolute Gasteiger partial charge is 0.309 e. The highest BCUT2D eigenvalue weighted by molar-refractivity contribution is 5.73. The second-order valence-corrected chi connectivity index (χ2v) is 6.78. The third-order valence-corrected chi connectivity index (χ3v) is 5.27. The average Bonchev–Trinajstić information content (AvgIpc) is 2.68. The van der Waals surface area contributed by atoms with Crippen molar-refractivity contribution in [3.63, 3.8) is 0 Å². The van der Waals surface area contributed by atoms with E-state index in [-0.39, 0.29) is 5.41 Å². The van der Waals surface area contributed by atoms with E-state index in [1.807, 2.05) is 13.8 Å². The Morgan fingerprint density at radius 2 is 2.18 bits per heavy atom. The summed E-state index contributed by atoms with van der Waals surface area (Å²) in [6, 6.07) is 0. The molecule has 1 saturated carbocycles. The van der Waals surface area contributed by atoms with Gasteiger partial charge in [-0.2, -0.15) is 0 Å². The third kappa shape index (κ3) is 1.82. The van der Waals surface area contributed by atoms with Gasteiger partial charge in [0.1, 0.15) is 0 Å². The normalized spacial score (nSPS) is 36.8. The zero-order valence-electron chi connectivity index (χ0n) is 11.4. The van der Waals surface area contributed by atoms with Crippen molar-refractivity contribution in [1.29, 1.82) is 0 Å². The van der Waals surface area contributed by atoms with E-state index in [9.17, 15) is 9.90 Å². The number of fused-ring (bicyclic) bond motifs is 1. The Kier molecular flexibility index (Phi) is 2.87. The quantitative estimate of drug-likeness (QED) is 0.755. The van der Waals surface area contributed by atoms with Crippen LogP contribution < -0.4 is 0 Å². The standard InChI is InChI=1S/C15H24O2/c1-10-7-8-15(9-14(3,4)13(16)17)11(2)5-6-12(10)15/h7,11-12H,5-6,8-9H2,1-4H3,(H,16,17)/t11?,12-,15+/m0/s1. The molecular weight excluding hydrogens is 212 g/mol. The van der Waals surface area contributed by atoms with E-state index in [0.717, 1.165) is 12.8 Å². The SMILES string of the molecule is CC1=CC[C@@]2(CC(C)(C)C(=O)O)C(C)CC[C@@H]12. The van der Waals surface area contributed by atoms with Crippen molar-refractivity contribution in [2.45, 2.75) is 53.4 Å². The molecule has 0 aromatic heterocycles. The molecule has 2 nitrogen and oxygen atoms in total. The molecular formula is C15H24O2. The monoisotopic (exact) mass is 236 g/mol. The van der Waals surface area contributed by atoms with Crippen LogP contribution in [0.5, 0.6) is 0 Å². The van der Waals surface area contributed by atoms with Crippen molar-refractivity contribution in [3.8, 4) is 0 Å². The van der Waals surface area contributed by atoms with Crippen molar-refractivity contribution in [2.75, 3.05) is 0 Å². The average molecular weight is 236 g/mol. The Labute approximate surface area is 104 Å². The molecule has 2 heteroatoms. The van der Waals surface area contributed by atoms with E-state index in [2.05, 4.69) is 19.9 Å². The largest absolute Gasteiger partial charge is 0.481 e.